The van der Waals surface area contributed by atoms with Crippen molar-refractivity contribution in [1.29, 1.82) is 0 Å². The summed E-state index contributed by atoms with van der Waals surface area (Å²) in [4.78, 5) is 6.83. The molecule has 2 N–H and O–H groups in total. The van der Waals surface area contributed by atoms with Crippen molar-refractivity contribution in [3.8, 4) is 0 Å². The highest BCUT2D eigenvalue weighted by molar-refractivity contribution is 5.41. The third kappa shape index (κ3) is 2.97. The van der Waals surface area contributed by atoms with Crippen molar-refractivity contribution < 1.29 is 0 Å². The van der Waals surface area contributed by atoms with Gasteiger partial charge in [0, 0.05) is 12.7 Å². The molecule has 3 nitrogen and oxygen atoms in total. The Labute approximate surface area is 104 Å². The summed E-state index contributed by atoms with van der Waals surface area (Å²) in [5.41, 5.74) is 8.31. The number of nitrogens with two attached hydrogens (primary N) is 1. The Bertz CT molecular complexity index is 367. The molecular formula is C14H23N3. The highest BCUT2D eigenvalue weighted by Gasteiger charge is 2.28. The van der Waals surface area contributed by atoms with E-state index in [-0.39, 0.29) is 0 Å². The van der Waals surface area contributed by atoms with Gasteiger partial charge >= 0.3 is 0 Å². The number of nitrogens with zero attached hydrogens (tertiary/aromatic N) is 2. The molecule has 0 unspecified atom stereocenters. The third-order valence-corrected chi connectivity index (χ3v) is 4.22. The number of nitrogen functional groups attached to an aromatic ring is 1. The lowest BCUT2D eigenvalue weighted by molar-refractivity contribution is 0.109. The summed E-state index contributed by atoms with van der Waals surface area (Å²) in [5.74, 6) is 0. The Morgan fingerprint density at radius 1 is 1.41 bits per heavy atom. The molecule has 0 aromatic carbocycles. The molecule has 1 aliphatic heterocycles. The zero-order valence-electron chi connectivity index (χ0n) is 10.9. The Morgan fingerprint density at radius 2 is 2.12 bits per heavy atom. The van der Waals surface area contributed by atoms with Crippen LogP contribution in [0.5, 0.6) is 0 Å². The van der Waals surface area contributed by atoms with E-state index in [1.807, 2.05) is 18.3 Å². The lowest BCUT2D eigenvalue weighted by Gasteiger charge is -2.38. The molecule has 17 heavy (non-hydrogen) atoms. The molecule has 0 atom stereocenters. The fraction of sp³-hybridized carbons (Fsp3) is 0.643. The first-order chi connectivity index (χ1) is 8.13. The maximum absolute atomic E-state index is 5.93. The van der Waals surface area contributed by atoms with Crippen molar-refractivity contribution in [3.05, 3.63) is 24.0 Å². The van der Waals surface area contributed by atoms with Crippen LogP contribution in [0.15, 0.2) is 18.3 Å². The monoisotopic (exact) mass is 233 g/mol. The van der Waals surface area contributed by atoms with Crippen molar-refractivity contribution >= 4 is 5.69 Å². The average molecular weight is 233 g/mol. The molecule has 1 aliphatic rings. The van der Waals surface area contributed by atoms with Crippen LogP contribution in [0, 0.1) is 5.41 Å². The van der Waals surface area contributed by atoms with Gasteiger partial charge < -0.3 is 5.73 Å². The van der Waals surface area contributed by atoms with Crippen LogP contribution in [0.2, 0.25) is 0 Å². The summed E-state index contributed by atoms with van der Waals surface area (Å²) in [5, 5.41) is 0. The zero-order chi connectivity index (χ0) is 12.3. The summed E-state index contributed by atoms with van der Waals surface area (Å²) < 4.78 is 0. The lowest BCUT2D eigenvalue weighted by Crippen LogP contribution is -2.38. The van der Waals surface area contributed by atoms with Crippen LogP contribution in [-0.4, -0.2) is 23.0 Å². The van der Waals surface area contributed by atoms with Gasteiger partial charge in [0.2, 0.25) is 0 Å². The van der Waals surface area contributed by atoms with E-state index >= 15 is 0 Å². The van der Waals surface area contributed by atoms with Gasteiger partial charge in [0.25, 0.3) is 0 Å². The van der Waals surface area contributed by atoms with Gasteiger partial charge in [-0.3, -0.25) is 9.88 Å². The number of rotatable bonds is 3. The first kappa shape index (κ1) is 12.4. The predicted octanol–water partition coefficient (Wildman–Crippen LogP) is 2.68. The smallest absolute Gasteiger partial charge is 0.0772 e. The number of hydrogen-bond donors (Lipinski definition) is 1. The highest BCUT2D eigenvalue weighted by atomic mass is 15.1. The van der Waals surface area contributed by atoms with Crippen molar-refractivity contribution in [2.75, 3.05) is 18.8 Å². The van der Waals surface area contributed by atoms with Crippen molar-refractivity contribution in [3.63, 3.8) is 0 Å². The topological polar surface area (TPSA) is 42.2 Å². The fourth-order valence-corrected chi connectivity index (χ4v) is 2.40. The first-order valence-corrected chi connectivity index (χ1v) is 6.55. The Balaban J connectivity index is 1.93. The van der Waals surface area contributed by atoms with Gasteiger partial charge in [-0.1, -0.05) is 20.3 Å². The van der Waals surface area contributed by atoms with Crippen LogP contribution >= 0.6 is 0 Å². The van der Waals surface area contributed by atoms with Crippen LogP contribution < -0.4 is 5.73 Å². The highest BCUT2D eigenvalue weighted by Crippen LogP contribution is 2.34. The summed E-state index contributed by atoms with van der Waals surface area (Å²) >= 11 is 0. The number of likely N-dealkylation sites (tertiary alicyclic amines) is 1. The molecule has 1 aromatic heterocycles. The molecule has 0 saturated carbocycles. The van der Waals surface area contributed by atoms with E-state index in [9.17, 15) is 0 Å². The molecular weight excluding hydrogens is 210 g/mol. The Morgan fingerprint density at radius 3 is 2.71 bits per heavy atom. The number of piperidine rings is 1. The minimum atomic E-state index is 0.548. The van der Waals surface area contributed by atoms with Crippen molar-refractivity contribution in [2.45, 2.75) is 39.7 Å². The minimum Gasteiger partial charge on any atom is -0.397 e. The first-order valence-electron chi connectivity index (χ1n) is 6.55. The van der Waals surface area contributed by atoms with Gasteiger partial charge in [-0.15, -0.1) is 0 Å². The van der Waals surface area contributed by atoms with Crippen molar-refractivity contribution in [1.82, 2.24) is 9.88 Å². The van der Waals surface area contributed by atoms with Crippen LogP contribution in [0.1, 0.15) is 38.8 Å². The molecule has 1 aromatic rings. The predicted molar refractivity (Wildman–Crippen MR) is 71.6 cm³/mol. The molecule has 0 bridgehead atoms. The van der Waals surface area contributed by atoms with Crippen LogP contribution in [0.25, 0.3) is 0 Å². The zero-order valence-corrected chi connectivity index (χ0v) is 10.9. The molecule has 1 saturated heterocycles. The standard InChI is InChI=1S/C14H23N3/c1-3-14(2)6-9-17(10-7-14)11-13-12(15)5-4-8-16-13/h4-5,8H,3,6-7,9-11,15H2,1-2H3. The number of hydrogen-bond acceptors (Lipinski definition) is 3. The maximum Gasteiger partial charge on any atom is 0.0772 e. The second-order valence-corrected chi connectivity index (χ2v) is 5.48. The maximum atomic E-state index is 5.93. The summed E-state index contributed by atoms with van der Waals surface area (Å²) in [7, 11) is 0. The van der Waals surface area contributed by atoms with Gasteiger partial charge in [0.05, 0.1) is 11.4 Å². The summed E-state index contributed by atoms with van der Waals surface area (Å²) in [6.45, 7) is 7.93. The SMILES string of the molecule is CCC1(C)CCN(Cc2ncccc2N)CC1. The summed E-state index contributed by atoms with van der Waals surface area (Å²) in [6.07, 6.45) is 5.69. The van der Waals surface area contributed by atoms with Crippen molar-refractivity contribution in [2.24, 2.45) is 5.41 Å². The van der Waals surface area contributed by atoms with Gasteiger partial charge in [-0.2, -0.15) is 0 Å². The van der Waals surface area contributed by atoms with E-state index in [1.165, 1.54) is 32.4 Å². The molecule has 2 heterocycles. The van der Waals surface area contributed by atoms with E-state index in [1.54, 1.807) is 0 Å². The minimum absolute atomic E-state index is 0.548. The van der Waals surface area contributed by atoms with E-state index in [0.717, 1.165) is 17.9 Å². The lowest BCUT2D eigenvalue weighted by atomic mass is 9.78. The molecule has 2 rings (SSSR count). The normalized spacial score (nSPS) is 20.4. The number of aromatic nitrogens is 1. The van der Waals surface area contributed by atoms with E-state index < -0.39 is 0 Å². The molecule has 94 valence electrons. The molecule has 3 heteroatoms. The molecule has 0 spiro atoms. The quantitative estimate of drug-likeness (QED) is 0.872. The number of anilines is 1. The molecule has 1 fully saturated rings. The fourth-order valence-electron chi connectivity index (χ4n) is 2.40. The van der Waals surface area contributed by atoms with Crippen LogP contribution in [0.3, 0.4) is 0 Å². The molecule has 0 aliphatic carbocycles. The Kier molecular flexibility index (Phi) is 3.67. The van der Waals surface area contributed by atoms with E-state index in [4.69, 9.17) is 5.73 Å². The largest absolute Gasteiger partial charge is 0.397 e. The molecule has 0 amide bonds. The third-order valence-electron chi connectivity index (χ3n) is 4.22. The summed E-state index contributed by atoms with van der Waals surface area (Å²) in [6, 6.07) is 3.83. The van der Waals surface area contributed by atoms with Gasteiger partial charge in [0.1, 0.15) is 0 Å². The average Bonchev–Trinajstić information content (AvgIpc) is 2.35. The second-order valence-electron chi connectivity index (χ2n) is 5.48. The van der Waals surface area contributed by atoms with Crippen LogP contribution in [0.4, 0.5) is 5.69 Å². The second kappa shape index (κ2) is 5.05. The van der Waals surface area contributed by atoms with Crippen LogP contribution in [-0.2, 0) is 6.54 Å². The van der Waals surface area contributed by atoms with Gasteiger partial charge in [0.15, 0.2) is 0 Å². The molecule has 0 radical (unpaired) electrons. The van der Waals surface area contributed by atoms with Gasteiger partial charge in [-0.05, 0) is 43.5 Å². The van der Waals surface area contributed by atoms with Gasteiger partial charge in [-0.25, -0.2) is 0 Å². The van der Waals surface area contributed by atoms with E-state index in [0.29, 0.717) is 5.41 Å². The van der Waals surface area contributed by atoms with E-state index in [2.05, 4.69) is 23.7 Å². The Hall–Kier alpha value is -1.09. The number of pyridine rings is 1.